The highest BCUT2D eigenvalue weighted by Gasteiger charge is 2.24. The second kappa shape index (κ2) is 4.41. The molecule has 0 spiro atoms. The van der Waals surface area contributed by atoms with Crippen molar-refractivity contribution in [3.63, 3.8) is 0 Å². The van der Waals surface area contributed by atoms with Crippen molar-refractivity contribution in [3.8, 4) is 11.3 Å². The maximum atomic E-state index is 11.3. The van der Waals surface area contributed by atoms with Gasteiger partial charge < -0.3 is 9.63 Å². The third-order valence-corrected chi connectivity index (χ3v) is 2.50. The molecule has 2 aromatic rings. The molecule has 0 aliphatic rings. The minimum absolute atomic E-state index is 0.00828. The van der Waals surface area contributed by atoms with Crippen LogP contribution in [-0.2, 0) is 0 Å². The Kier molecular flexibility index (Phi) is 2.95. The summed E-state index contributed by atoms with van der Waals surface area (Å²) in [5.74, 6) is -0.601. The molecule has 17 heavy (non-hydrogen) atoms. The molecule has 2 rings (SSSR count). The highest BCUT2D eigenvalue weighted by atomic mass is 16.5. The Labute approximate surface area is 98.9 Å². The molecule has 0 amide bonds. The van der Waals surface area contributed by atoms with Gasteiger partial charge in [0.25, 0.3) is 0 Å². The van der Waals surface area contributed by atoms with Gasteiger partial charge in [-0.2, -0.15) is 0 Å². The maximum Gasteiger partial charge on any atom is 0.341 e. The van der Waals surface area contributed by atoms with E-state index >= 15 is 0 Å². The van der Waals surface area contributed by atoms with Crippen molar-refractivity contribution in [2.24, 2.45) is 0 Å². The van der Waals surface area contributed by atoms with Gasteiger partial charge in [0.1, 0.15) is 11.3 Å². The minimum atomic E-state index is -1.01. The summed E-state index contributed by atoms with van der Waals surface area (Å²) in [5.41, 5.74) is 1.30. The fourth-order valence-corrected chi connectivity index (χ4v) is 1.70. The Morgan fingerprint density at radius 2 is 1.94 bits per heavy atom. The zero-order valence-corrected chi connectivity index (χ0v) is 9.68. The maximum absolute atomic E-state index is 11.3. The molecular weight excluding hydrogens is 218 g/mol. The van der Waals surface area contributed by atoms with Gasteiger partial charge >= 0.3 is 5.97 Å². The Morgan fingerprint density at radius 1 is 1.29 bits per heavy atom. The molecule has 0 saturated carbocycles. The zero-order valence-electron chi connectivity index (χ0n) is 9.68. The molecule has 0 saturated heterocycles. The molecule has 1 heterocycles. The predicted octanol–water partition coefficient (Wildman–Crippen LogP) is 3.16. The van der Waals surface area contributed by atoms with Crippen LogP contribution in [0.3, 0.4) is 0 Å². The van der Waals surface area contributed by atoms with Gasteiger partial charge in [0.2, 0.25) is 0 Å². The first-order valence-electron chi connectivity index (χ1n) is 5.39. The lowest BCUT2D eigenvalue weighted by Crippen LogP contribution is -2.02. The number of hydrogen-bond donors (Lipinski definition) is 1. The second-order valence-corrected chi connectivity index (χ2v) is 4.10. The van der Waals surface area contributed by atoms with E-state index in [2.05, 4.69) is 5.16 Å². The molecule has 0 aliphatic carbocycles. The predicted molar refractivity (Wildman–Crippen MR) is 63.0 cm³/mol. The molecule has 0 bridgehead atoms. The Hall–Kier alpha value is -2.10. The Bertz CT molecular complexity index is 529. The number of aromatic nitrogens is 1. The van der Waals surface area contributed by atoms with Crippen molar-refractivity contribution in [2.75, 3.05) is 0 Å². The quantitative estimate of drug-likeness (QED) is 0.881. The normalized spacial score (nSPS) is 10.8. The first-order chi connectivity index (χ1) is 8.11. The molecule has 0 atom stereocenters. The lowest BCUT2D eigenvalue weighted by molar-refractivity contribution is 0.0694. The van der Waals surface area contributed by atoms with E-state index in [1.54, 1.807) is 0 Å². The first-order valence-corrected chi connectivity index (χ1v) is 5.39. The molecule has 0 radical (unpaired) electrons. The summed E-state index contributed by atoms with van der Waals surface area (Å²) in [7, 11) is 0. The molecule has 88 valence electrons. The molecule has 4 heteroatoms. The van der Waals surface area contributed by atoms with Gasteiger partial charge in [0, 0.05) is 11.5 Å². The van der Waals surface area contributed by atoms with E-state index in [4.69, 9.17) is 4.52 Å². The van der Waals surface area contributed by atoms with Crippen molar-refractivity contribution >= 4 is 5.97 Å². The van der Waals surface area contributed by atoms with Crippen LogP contribution in [0.2, 0.25) is 0 Å². The van der Waals surface area contributed by atoms with Gasteiger partial charge in [0.15, 0.2) is 5.76 Å². The summed E-state index contributed by atoms with van der Waals surface area (Å²) in [6.45, 7) is 3.75. The van der Waals surface area contributed by atoms with Crippen LogP contribution in [0.1, 0.15) is 35.9 Å². The van der Waals surface area contributed by atoms with E-state index in [-0.39, 0.29) is 11.5 Å². The molecular formula is C13H13NO3. The Morgan fingerprint density at radius 3 is 2.47 bits per heavy atom. The van der Waals surface area contributed by atoms with Crippen molar-refractivity contribution < 1.29 is 14.4 Å². The van der Waals surface area contributed by atoms with E-state index in [1.165, 1.54) is 0 Å². The van der Waals surface area contributed by atoms with E-state index < -0.39 is 5.97 Å². The summed E-state index contributed by atoms with van der Waals surface area (Å²) >= 11 is 0. The largest absolute Gasteiger partial charge is 0.477 e. The number of rotatable bonds is 3. The minimum Gasteiger partial charge on any atom is -0.477 e. The van der Waals surface area contributed by atoms with Gasteiger partial charge in [-0.25, -0.2) is 4.79 Å². The zero-order chi connectivity index (χ0) is 12.4. The van der Waals surface area contributed by atoms with Crippen LogP contribution in [0.15, 0.2) is 34.9 Å². The Balaban J connectivity index is 2.60. The molecule has 1 N–H and O–H groups in total. The van der Waals surface area contributed by atoms with Crippen LogP contribution >= 0.6 is 0 Å². The van der Waals surface area contributed by atoms with Crippen LogP contribution in [-0.4, -0.2) is 16.2 Å². The topological polar surface area (TPSA) is 63.3 Å². The highest BCUT2D eigenvalue weighted by Crippen LogP contribution is 2.29. The van der Waals surface area contributed by atoms with E-state index in [0.717, 1.165) is 5.56 Å². The number of hydrogen-bond acceptors (Lipinski definition) is 3. The fourth-order valence-electron chi connectivity index (χ4n) is 1.70. The molecule has 0 unspecified atom stereocenters. The number of carboxylic acid groups (broad SMARTS) is 1. The fraction of sp³-hybridized carbons (Fsp3) is 0.231. The van der Waals surface area contributed by atoms with Gasteiger partial charge in [-0.3, -0.25) is 0 Å². The summed E-state index contributed by atoms with van der Waals surface area (Å²) in [5, 5.41) is 13.1. The lowest BCUT2D eigenvalue weighted by atomic mass is 10.0. The molecule has 4 nitrogen and oxygen atoms in total. The van der Waals surface area contributed by atoms with E-state index in [1.807, 2.05) is 44.2 Å². The van der Waals surface area contributed by atoms with Crippen molar-refractivity contribution in [2.45, 2.75) is 19.8 Å². The number of carbonyl (C=O) groups is 1. The van der Waals surface area contributed by atoms with Crippen molar-refractivity contribution in [1.82, 2.24) is 5.16 Å². The SMILES string of the molecule is CC(C)c1onc(-c2ccccc2)c1C(=O)O. The number of aromatic carboxylic acids is 1. The molecule has 1 aromatic carbocycles. The molecule has 1 aromatic heterocycles. The van der Waals surface area contributed by atoms with Crippen LogP contribution in [0.25, 0.3) is 11.3 Å². The standard InChI is InChI=1S/C13H13NO3/c1-8(2)12-10(13(15)16)11(14-17-12)9-6-4-3-5-7-9/h3-8H,1-2H3,(H,15,16). The summed E-state index contributed by atoms with van der Waals surface area (Å²) in [6, 6.07) is 9.17. The van der Waals surface area contributed by atoms with Crippen LogP contribution in [0.4, 0.5) is 0 Å². The van der Waals surface area contributed by atoms with E-state index in [0.29, 0.717) is 11.5 Å². The van der Waals surface area contributed by atoms with Crippen LogP contribution < -0.4 is 0 Å². The number of carboxylic acids is 1. The first kappa shape index (κ1) is 11.4. The van der Waals surface area contributed by atoms with E-state index in [9.17, 15) is 9.90 Å². The lowest BCUT2D eigenvalue weighted by Gasteiger charge is -2.01. The summed E-state index contributed by atoms with van der Waals surface area (Å²) in [4.78, 5) is 11.3. The van der Waals surface area contributed by atoms with Crippen molar-refractivity contribution in [3.05, 3.63) is 41.7 Å². The molecule has 0 aliphatic heterocycles. The monoisotopic (exact) mass is 231 g/mol. The van der Waals surface area contributed by atoms with Gasteiger partial charge in [-0.1, -0.05) is 49.3 Å². The number of nitrogens with zero attached hydrogens (tertiary/aromatic N) is 1. The highest BCUT2D eigenvalue weighted by molar-refractivity contribution is 5.95. The van der Waals surface area contributed by atoms with Gasteiger partial charge in [-0.15, -0.1) is 0 Å². The second-order valence-electron chi connectivity index (χ2n) is 4.10. The van der Waals surface area contributed by atoms with Gasteiger partial charge in [0.05, 0.1) is 0 Å². The number of benzene rings is 1. The smallest absolute Gasteiger partial charge is 0.341 e. The average molecular weight is 231 g/mol. The van der Waals surface area contributed by atoms with Crippen LogP contribution in [0.5, 0.6) is 0 Å². The average Bonchev–Trinajstić information content (AvgIpc) is 2.74. The third-order valence-electron chi connectivity index (χ3n) is 2.50. The van der Waals surface area contributed by atoms with Crippen LogP contribution in [0, 0.1) is 0 Å². The third kappa shape index (κ3) is 2.06. The van der Waals surface area contributed by atoms with Crippen molar-refractivity contribution in [1.29, 1.82) is 0 Å². The molecule has 0 fully saturated rings. The summed E-state index contributed by atoms with van der Waals surface area (Å²) < 4.78 is 5.14. The summed E-state index contributed by atoms with van der Waals surface area (Å²) in [6.07, 6.45) is 0. The van der Waals surface area contributed by atoms with Gasteiger partial charge in [-0.05, 0) is 0 Å².